The Hall–Kier alpha value is -2.04. The van der Waals surface area contributed by atoms with Gasteiger partial charge in [0.15, 0.2) is 0 Å². The van der Waals surface area contributed by atoms with Gasteiger partial charge in [0.25, 0.3) is 0 Å². The minimum atomic E-state index is 0.0653. The normalized spacial score (nSPS) is 13.4. The summed E-state index contributed by atoms with van der Waals surface area (Å²) in [4.78, 5) is 23.0. The molecular weight excluding hydrogens is 304 g/mol. The van der Waals surface area contributed by atoms with Crippen molar-refractivity contribution in [3.8, 4) is 5.75 Å². The van der Waals surface area contributed by atoms with Crippen molar-refractivity contribution in [2.45, 2.75) is 52.4 Å². The summed E-state index contributed by atoms with van der Waals surface area (Å²) in [5.74, 6) is 1.63. The third-order valence-electron chi connectivity index (χ3n) is 4.07. The predicted octanol–water partition coefficient (Wildman–Crippen LogP) is 3.28. The number of rotatable bonds is 9. The molecule has 2 rings (SSSR count). The van der Waals surface area contributed by atoms with Crippen LogP contribution in [0.1, 0.15) is 51.5 Å². The SMILES string of the molecule is CC(C)CCCNC(=O)CCCOc1ccc2c(c1)CCC(=O)N2. The largest absolute Gasteiger partial charge is 0.494 e. The second-order valence-corrected chi connectivity index (χ2v) is 6.71. The van der Waals surface area contributed by atoms with Gasteiger partial charge in [-0.25, -0.2) is 0 Å². The summed E-state index contributed by atoms with van der Waals surface area (Å²) in [5, 5.41) is 5.80. The van der Waals surface area contributed by atoms with Gasteiger partial charge in [0.2, 0.25) is 11.8 Å². The number of benzene rings is 1. The van der Waals surface area contributed by atoms with E-state index in [9.17, 15) is 9.59 Å². The molecule has 1 heterocycles. The first-order valence-corrected chi connectivity index (χ1v) is 8.87. The molecule has 0 unspecified atom stereocenters. The molecule has 0 aromatic heterocycles. The molecule has 0 spiro atoms. The van der Waals surface area contributed by atoms with Gasteiger partial charge >= 0.3 is 0 Å². The maximum absolute atomic E-state index is 11.7. The molecule has 1 aromatic rings. The fourth-order valence-electron chi connectivity index (χ4n) is 2.70. The van der Waals surface area contributed by atoms with Crippen molar-refractivity contribution in [2.24, 2.45) is 5.92 Å². The molecule has 0 radical (unpaired) electrons. The third kappa shape index (κ3) is 6.22. The van der Waals surface area contributed by atoms with Crippen LogP contribution in [0, 0.1) is 5.92 Å². The van der Waals surface area contributed by atoms with Gasteiger partial charge in [-0.2, -0.15) is 0 Å². The number of hydrogen-bond donors (Lipinski definition) is 2. The van der Waals surface area contributed by atoms with E-state index >= 15 is 0 Å². The fraction of sp³-hybridized carbons (Fsp3) is 0.579. The molecule has 1 aromatic carbocycles. The molecule has 132 valence electrons. The molecule has 2 amide bonds. The van der Waals surface area contributed by atoms with E-state index in [1.54, 1.807) is 0 Å². The smallest absolute Gasteiger partial charge is 0.224 e. The van der Waals surface area contributed by atoms with Crippen LogP contribution in [-0.4, -0.2) is 25.0 Å². The monoisotopic (exact) mass is 332 g/mol. The number of anilines is 1. The molecule has 0 aliphatic carbocycles. The molecule has 5 nitrogen and oxygen atoms in total. The van der Waals surface area contributed by atoms with E-state index in [-0.39, 0.29) is 11.8 Å². The highest BCUT2D eigenvalue weighted by Gasteiger charge is 2.14. The Morgan fingerprint density at radius 2 is 2.12 bits per heavy atom. The lowest BCUT2D eigenvalue weighted by molar-refractivity contribution is -0.121. The summed E-state index contributed by atoms with van der Waals surface area (Å²) in [7, 11) is 0. The lowest BCUT2D eigenvalue weighted by atomic mass is 10.0. The zero-order valence-corrected chi connectivity index (χ0v) is 14.7. The van der Waals surface area contributed by atoms with E-state index in [2.05, 4.69) is 24.5 Å². The van der Waals surface area contributed by atoms with E-state index < -0.39 is 0 Å². The van der Waals surface area contributed by atoms with Gasteiger partial charge < -0.3 is 15.4 Å². The summed E-state index contributed by atoms with van der Waals surface area (Å²) >= 11 is 0. The van der Waals surface area contributed by atoms with E-state index in [1.165, 1.54) is 0 Å². The average molecular weight is 332 g/mol. The number of amides is 2. The first-order valence-electron chi connectivity index (χ1n) is 8.87. The van der Waals surface area contributed by atoms with Crippen LogP contribution in [0.2, 0.25) is 0 Å². The van der Waals surface area contributed by atoms with Crippen LogP contribution in [0.5, 0.6) is 5.75 Å². The number of carbonyl (C=O) groups excluding carboxylic acids is 2. The molecule has 1 aliphatic heterocycles. The highest BCUT2D eigenvalue weighted by molar-refractivity contribution is 5.94. The Balaban J connectivity index is 1.62. The van der Waals surface area contributed by atoms with Gasteiger partial charge in [-0.15, -0.1) is 0 Å². The summed E-state index contributed by atoms with van der Waals surface area (Å²) in [6, 6.07) is 5.71. The lowest BCUT2D eigenvalue weighted by Gasteiger charge is -2.17. The number of aryl methyl sites for hydroxylation is 1. The number of nitrogens with one attached hydrogen (secondary N) is 2. The van der Waals surface area contributed by atoms with Crippen molar-refractivity contribution in [3.63, 3.8) is 0 Å². The van der Waals surface area contributed by atoms with E-state index in [0.717, 1.165) is 42.8 Å². The lowest BCUT2D eigenvalue weighted by Crippen LogP contribution is -2.24. The third-order valence-corrected chi connectivity index (χ3v) is 4.07. The zero-order valence-electron chi connectivity index (χ0n) is 14.7. The Labute approximate surface area is 144 Å². The van der Waals surface area contributed by atoms with Crippen LogP contribution >= 0.6 is 0 Å². The van der Waals surface area contributed by atoms with Crippen molar-refractivity contribution >= 4 is 17.5 Å². The van der Waals surface area contributed by atoms with Gasteiger partial charge in [-0.1, -0.05) is 13.8 Å². The van der Waals surface area contributed by atoms with Crippen LogP contribution in [-0.2, 0) is 16.0 Å². The van der Waals surface area contributed by atoms with Gasteiger partial charge in [0, 0.05) is 25.1 Å². The first kappa shape index (κ1) is 18.3. The summed E-state index contributed by atoms with van der Waals surface area (Å²) in [5.41, 5.74) is 1.98. The number of carbonyl (C=O) groups is 2. The van der Waals surface area contributed by atoms with Gasteiger partial charge in [-0.05, 0) is 55.4 Å². The highest BCUT2D eigenvalue weighted by atomic mass is 16.5. The van der Waals surface area contributed by atoms with Crippen molar-refractivity contribution in [3.05, 3.63) is 23.8 Å². The van der Waals surface area contributed by atoms with Gasteiger partial charge in [0.05, 0.1) is 6.61 Å². The van der Waals surface area contributed by atoms with Crippen molar-refractivity contribution in [1.29, 1.82) is 0 Å². The van der Waals surface area contributed by atoms with Crippen molar-refractivity contribution < 1.29 is 14.3 Å². The summed E-state index contributed by atoms with van der Waals surface area (Å²) in [6.45, 7) is 5.65. The van der Waals surface area contributed by atoms with Crippen LogP contribution in [0.15, 0.2) is 18.2 Å². The second kappa shape index (κ2) is 9.30. The maximum atomic E-state index is 11.7. The Bertz CT molecular complexity index is 570. The van der Waals surface area contributed by atoms with Crippen LogP contribution < -0.4 is 15.4 Å². The molecule has 24 heavy (non-hydrogen) atoms. The van der Waals surface area contributed by atoms with Crippen molar-refractivity contribution in [2.75, 3.05) is 18.5 Å². The molecule has 0 saturated heterocycles. The standard InChI is InChI=1S/C19H28N2O3/c1-14(2)5-3-11-20-18(22)6-4-12-24-16-8-9-17-15(13-16)7-10-19(23)21-17/h8-9,13-14H,3-7,10-12H2,1-2H3,(H,20,22)(H,21,23). The summed E-state index contributed by atoms with van der Waals surface area (Å²) in [6.07, 6.45) is 4.63. The molecule has 0 bridgehead atoms. The van der Waals surface area contributed by atoms with Crippen LogP contribution in [0.3, 0.4) is 0 Å². The quantitative estimate of drug-likeness (QED) is 0.682. The molecule has 0 fully saturated rings. The molecule has 0 saturated carbocycles. The highest BCUT2D eigenvalue weighted by Crippen LogP contribution is 2.26. The number of hydrogen-bond acceptors (Lipinski definition) is 3. The minimum Gasteiger partial charge on any atom is -0.494 e. The van der Waals surface area contributed by atoms with E-state index in [1.807, 2.05) is 18.2 Å². The molecular formula is C19H28N2O3. The maximum Gasteiger partial charge on any atom is 0.224 e. The topological polar surface area (TPSA) is 67.4 Å². The van der Waals surface area contributed by atoms with E-state index in [0.29, 0.717) is 31.8 Å². The Kier molecular flexibility index (Phi) is 7.09. The second-order valence-electron chi connectivity index (χ2n) is 6.71. The predicted molar refractivity (Wildman–Crippen MR) is 95.2 cm³/mol. The van der Waals surface area contributed by atoms with Crippen LogP contribution in [0.25, 0.3) is 0 Å². The Morgan fingerprint density at radius 3 is 2.92 bits per heavy atom. The zero-order chi connectivity index (χ0) is 17.4. The number of ether oxygens (including phenoxy) is 1. The molecule has 0 atom stereocenters. The summed E-state index contributed by atoms with van der Waals surface area (Å²) < 4.78 is 5.71. The average Bonchev–Trinajstić information content (AvgIpc) is 2.55. The minimum absolute atomic E-state index is 0.0653. The van der Waals surface area contributed by atoms with E-state index in [4.69, 9.17) is 4.74 Å². The molecule has 2 N–H and O–H groups in total. The number of fused-ring (bicyclic) bond motifs is 1. The Morgan fingerprint density at radius 1 is 1.29 bits per heavy atom. The fourth-order valence-corrected chi connectivity index (χ4v) is 2.70. The van der Waals surface area contributed by atoms with Crippen molar-refractivity contribution in [1.82, 2.24) is 5.32 Å². The molecule has 5 heteroatoms. The first-order chi connectivity index (χ1) is 11.5. The van der Waals surface area contributed by atoms with Gasteiger partial charge in [-0.3, -0.25) is 9.59 Å². The van der Waals surface area contributed by atoms with Crippen LogP contribution in [0.4, 0.5) is 5.69 Å². The van der Waals surface area contributed by atoms with Gasteiger partial charge in [0.1, 0.15) is 5.75 Å². The molecule has 1 aliphatic rings.